The Morgan fingerprint density at radius 3 is 2.27 bits per heavy atom. The van der Waals surface area contributed by atoms with Crippen molar-refractivity contribution in [2.24, 2.45) is 0 Å². The molecule has 30 heavy (non-hydrogen) atoms. The Balaban J connectivity index is 1.60. The second kappa shape index (κ2) is 9.51. The lowest BCUT2D eigenvalue weighted by Gasteiger charge is -2.13. The predicted octanol–water partition coefficient (Wildman–Crippen LogP) is 5.40. The lowest BCUT2D eigenvalue weighted by atomic mass is 10.3. The molecule has 0 radical (unpaired) electrons. The van der Waals surface area contributed by atoms with Crippen LogP contribution in [0, 0.1) is 5.82 Å². The van der Waals surface area contributed by atoms with Gasteiger partial charge in [-0.1, -0.05) is 29.8 Å². The number of benzene rings is 3. The zero-order valence-corrected chi connectivity index (χ0v) is 18.2. The molecular weight excluding hydrogens is 447 g/mol. The number of carbonyl (C=O) groups excluding carboxylic acids is 1. The molecule has 0 aliphatic rings. The number of thioether (sulfide) groups is 1. The molecule has 3 aromatic carbocycles. The third-order valence-electron chi connectivity index (χ3n) is 4.03. The van der Waals surface area contributed by atoms with Gasteiger partial charge in [-0.05, 0) is 61.5 Å². The normalized spacial score (nSPS) is 12.2. The molecular formula is C21H18ClFN2O3S2. The van der Waals surface area contributed by atoms with Gasteiger partial charge in [-0.3, -0.25) is 9.52 Å². The Morgan fingerprint density at radius 2 is 1.63 bits per heavy atom. The summed E-state index contributed by atoms with van der Waals surface area (Å²) in [5, 5.41) is 2.18. The number of carbonyl (C=O) groups is 1. The molecule has 0 fully saturated rings. The minimum atomic E-state index is -3.66. The highest BCUT2D eigenvalue weighted by molar-refractivity contribution is 8.00. The average Bonchev–Trinajstić information content (AvgIpc) is 2.72. The Kier molecular flexibility index (Phi) is 7.02. The van der Waals surface area contributed by atoms with Gasteiger partial charge in [-0.15, -0.1) is 11.8 Å². The monoisotopic (exact) mass is 464 g/mol. The van der Waals surface area contributed by atoms with E-state index in [0.717, 1.165) is 4.90 Å². The van der Waals surface area contributed by atoms with E-state index in [-0.39, 0.29) is 15.8 Å². The van der Waals surface area contributed by atoms with Crippen LogP contribution in [-0.4, -0.2) is 19.6 Å². The number of hydrogen-bond acceptors (Lipinski definition) is 4. The summed E-state index contributed by atoms with van der Waals surface area (Å²) in [7, 11) is -3.66. The van der Waals surface area contributed by atoms with Crippen LogP contribution in [-0.2, 0) is 14.8 Å². The summed E-state index contributed by atoms with van der Waals surface area (Å²) in [4.78, 5) is 13.3. The number of rotatable bonds is 7. The molecule has 1 unspecified atom stereocenters. The maximum absolute atomic E-state index is 13.2. The SMILES string of the molecule is CC(Sc1ccc(NS(=O)(=O)c2ccccc2)cc1)C(=O)Nc1ccc(F)c(Cl)c1. The summed E-state index contributed by atoms with van der Waals surface area (Å²) >= 11 is 7.03. The Labute approximate surface area is 183 Å². The number of hydrogen-bond donors (Lipinski definition) is 2. The van der Waals surface area contributed by atoms with E-state index < -0.39 is 21.1 Å². The van der Waals surface area contributed by atoms with E-state index in [1.54, 1.807) is 49.4 Å². The first-order valence-electron chi connectivity index (χ1n) is 8.85. The highest BCUT2D eigenvalue weighted by Gasteiger charge is 2.16. The van der Waals surface area contributed by atoms with Crippen LogP contribution in [0.3, 0.4) is 0 Å². The van der Waals surface area contributed by atoms with Crippen molar-refractivity contribution in [1.29, 1.82) is 0 Å². The smallest absolute Gasteiger partial charge is 0.261 e. The first-order chi connectivity index (χ1) is 14.2. The molecule has 0 aliphatic carbocycles. The van der Waals surface area contributed by atoms with Crippen molar-refractivity contribution >= 4 is 50.7 Å². The van der Waals surface area contributed by atoms with Crippen molar-refractivity contribution in [3.05, 3.63) is 83.6 Å². The maximum Gasteiger partial charge on any atom is 0.261 e. The fourth-order valence-electron chi connectivity index (χ4n) is 2.49. The predicted molar refractivity (Wildman–Crippen MR) is 119 cm³/mol. The van der Waals surface area contributed by atoms with Gasteiger partial charge in [-0.2, -0.15) is 0 Å². The zero-order valence-electron chi connectivity index (χ0n) is 15.8. The third-order valence-corrected chi connectivity index (χ3v) is 6.83. The summed E-state index contributed by atoms with van der Waals surface area (Å²) in [6.07, 6.45) is 0. The van der Waals surface area contributed by atoms with E-state index in [1.165, 1.54) is 42.1 Å². The Morgan fingerprint density at radius 1 is 1.00 bits per heavy atom. The van der Waals surface area contributed by atoms with Gasteiger partial charge in [0.15, 0.2) is 0 Å². The van der Waals surface area contributed by atoms with E-state index in [1.807, 2.05) is 0 Å². The lowest BCUT2D eigenvalue weighted by molar-refractivity contribution is -0.115. The Hall–Kier alpha value is -2.55. The highest BCUT2D eigenvalue weighted by Crippen LogP contribution is 2.27. The average molecular weight is 465 g/mol. The standard InChI is InChI=1S/C21H18ClFN2O3S2/c1-14(21(26)24-16-9-12-20(23)19(22)13-16)29-17-10-7-15(8-11-17)25-30(27,28)18-5-3-2-4-6-18/h2-14,25H,1H3,(H,24,26). The lowest BCUT2D eigenvalue weighted by Crippen LogP contribution is -2.22. The van der Waals surface area contributed by atoms with Crippen molar-refractivity contribution in [3.63, 3.8) is 0 Å². The van der Waals surface area contributed by atoms with Crippen LogP contribution < -0.4 is 10.0 Å². The zero-order chi connectivity index (χ0) is 21.7. The molecule has 0 bridgehead atoms. The van der Waals surface area contributed by atoms with Crippen LogP contribution in [0.4, 0.5) is 15.8 Å². The van der Waals surface area contributed by atoms with Gasteiger partial charge < -0.3 is 5.32 Å². The Bertz CT molecular complexity index is 1140. The van der Waals surface area contributed by atoms with E-state index in [0.29, 0.717) is 11.4 Å². The highest BCUT2D eigenvalue weighted by atomic mass is 35.5. The minimum absolute atomic E-state index is 0.0679. The number of anilines is 2. The van der Waals surface area contributed by atoms with Crippen LogP contribution in [0.2, 0.25) is 5.02 Å². The van der Waals surface area contributed by atoms with Gasteiger partial charge in [-0.25, -0.2) is 12.8 Å². The molecule has 0 aliphatic heterocycles. The van der Waals surface area contributed by atoms with E-state index in [2.05, 4.69) is 10.0 Å². The first kappa shape index (κ1) is 22.1. The van der Waals surface area contributed by atoms with Gasteiger partial charge in [0, 0.05) is 16.3 Å². The molecule has 3 rings (SSSR count). The van der Waals surface area contributed by atoms with Crippen molar-refractivity contribution in [2.75, 3.05) is 10.0 Å². The van der Waals surface area contributed by atoms with Crippen LogP contribution in [0.15, 0.2) is 82.6 Å². The molecule has 0 heterocycles. The molecule has 9 heteroatoms. The molecule has 0 aromatic heterocycles. The largest absolute Gasteiger partial charge is 0.325 e. The number of halogens is 2. The van der Waals surface area contributed by atoms with Gasteiger partial charge >= 0.3 is 0 Å². The summed E-state index contributed by atoms with van der Waals surface area (Å²) in [5.74, 6) is -0.823. The van der Waals surface area contributed by atoms with Crippen LogP contribution >= 0.6 is 23.4 Å². The van der Waals surface area contributed by atoms with Gasteiger partial charge in [0.05, 0.1) is 15.2 Å². The maximum atomic E-state index is 13.2. The third kappa shape index (κ3) is 5.75. The van der Waals surface area contributed by atoms with Crippen molar-refractivity contribution in [1.82, 2.24) is 0 Å². The van der Waals surface area contributed by atoms with E-state index in [4.69, 9.17) is 11.6 Å². The molecule has 1 atom stereocenters. The number of nitrogens with one attached hydrogen (secondary N) is 2. The summed E-state index contributed by atoms with van der Waals surface area (Å²) < 4.78 is 40.5. The van der Waals surface area contributed by atoms with Gasteiger partial charge in [0.2, 0.25) is 5.91 Å². The molecule has 3 aromatic rings. The summed E-state index contributed by atoms with van der Waals surface area (Å²) in [6.45, 7) is 1.73. The van der Waals surface area contributed by atoms with E-state index >= 15 is 0 Å². The second-order valence-electron chi connectivity index (χ2n) is 6.32. The van der Waals surface area contributed by atoms with Crippen LogP contribution in [0.1, 0.15) is 6.92 Å². The van der Waals surface area contributed by atoms with Crippen molar-refractivity contribution < 1.29 is 17.6 Å². The van der Waals surface area contributed by atoms with Crippen molar-refractivity contribution in [3.8, 4) is 0 Å². The molecule has 156 valence electrons. The summed E-state index contributed by atoms with van der Waals surface area (Å²) in [6, 6.07) is 18.8. The van der Waals surface area contributed by atoms with E-state index in [9.17, 15) is 17.6 Å². The molecule has 1 amide bonds. The quantitative estimate of drug-likeness (QED) is 0.459. The molecule has 5 nitrogen and oxygen atoms in total. The topological polar surface area (TPSA) is 75.3 Å². The summed E-state index contributed by atoms with van der Waals surface area (Å²) in [5.41, 5.74) is 0.825. The molecule has 0 saturated heterocycles. The molecule has 2 N–H and O–H groups in total. The van der Waals surface area contributed by atoms with Gasteiger partial charge in [0.25, 0.3) is 10.0 Å². The fraction of sp³-hybridized carbons (Fsp3) is 0.0952. The number of amides is 1. The number of sulfonamides is 1. The molecule has 0 saturated carbocycles. The first-order valence-corrected chi connectivity index (χ1v) is 11.6. The second-order valence-corrected chi connectivity index (χ2v) is 9.82. The minimum Gasteiger partial charge on any atom is -0.325 e. The van der Waals surface area contributed by atoms with Crippen LogP contribution in [0.25, 0.3) is 0 Å². The van der Waals surface area contributed by atoms with Crippen LogP contribution in [0.5, 0.6) is 0 Å². The molecule has 0 spiro atoms. The van der Waals surface area contributed by atoms with Crippen molar-refractivity contribution in [2.45, 2.75) is 22.0 Å². The fourth-order valence-corrected chi connectivity index (χ4v) is 4.62. The van der Waals surface area contributed by atoms with Gasteiger partial charge in [0.1, 0.15) is 5.82 Å².